The molecular formula is C15H22N2O9S. The topological polar surface area (TPSA) is 164 Å². The molecule has 1 heterocycles. The van der Waals surface area contributed by atoms with Crippen molar-refractivity contribution in [3.05, 3.63) is 0 Å². The number of rotatable bonds is 6. The molecule has 0 amide bonds. The van der Waals surface area contributed by atoms with Gasteiger partial charge >= 0.3 is 23.9 Å². The number of esters is 4. The molecule has 27 heavy (non-hydrogen) atoms. The van der Waals surface area contributed by atoms with E-state index >= 15 is 0 Å². The molecule has 12 heteroatoms. The average Bonchev–Trinajstić information content (AvgIpc) is 2.49. The van der Waals surface area contributed by atoms with Gasteiger partial charge in [0.2, 0.25) is 0 Å². The van der Waals surface area contributed by atoms with Crippen molar-refractivity contribution < 1.29 is 42.9 Å². The van der Waals surface area contributed by atoms with E-state index < -0.39 is 53.7 Å². The van der Waals surface area contributed by atoms with Gasteiger partial charge in [-0.15, -0.1) is 0 Å². The maximum absolute atomic E-state index is 11.6. The first kappa shape index (κ1) is 22.7. The molecule has 3 N–H and O–H groups in total. The Bertz CT molecular complexity index is 612. The number of thioether (sulfide) groups is 1. The van der Waals surface area contributed by atoms with Crippen molar-refractivity contribution in [2.24, 2.45) is 5.73 Å². The molecule has 1 aliphatic heterocycles. The lowest BCUT2D eigenvalue weighted by molar-refractivity contribution is -0.237. The van der Waals surface area contributed by atoms with Gasteiger partial charge in [-0.1, -0.05) is 11.8 Å². The summed E-state index contributed by atoms with van der Waals surface area (Å²) in [6, 6.07) is 0. The van der Waals surface area contributed by atoms with Crippen molar-refractivity contribution in [2.75, 3.05) is 6.61 Å². The standard InChI is InChI=1S/C15H22N2O9S/c1-6(18)22-5-10-11(23-7(2)19)12(24-8(3)20)13(25-9(4)21)14(26-10)27-15(16)17/h10-14H,5H2,1-4H3,(H3,16,17)/t10-,11-,12+,13-,14?/m1/s1. The molecule has 0 aromatic rings. The van der Waals surface area contributed by atoms with E-state index in [0.29, 0.717) is 11.8 Å². The van der Waals surface area contributed by atoms with Crippen molar-refractivity contribution in [3.8, 4) is 0 Å². The number of hydrogen-bond acceptors (Lipinski definition) is 11. The van der Waals surface area contributed by atoms with E-state index in [2.05, 4.69) is 0 Å². The number of nitrogens with two attached hydrogens (primary N) is 1. The van der Waals surface area contributed by atoms with Crippen molar-refractivity contribution in [1.29, 1.82) is 5.41 Å². The second-order valence-electron chi connectivity index (χ2n) is 5.55. The summed E-state index contributed by atoms with van der Waals surface area (Å²) in [6.07, 6.45) is -4.76. The number of hydrogen-bond donors (Lipinski definition) is 2. The van der Waals surface area contributed by atoms with Crippen LogP contribution in [-0.4, -0.2) is 65.5 Å². The first-order valence-electron chi connectivity index (χ1n) is 7.82. The number of carbonyl (C=O) groups is 4. The molecule has 0 aromatic heterocycles. The third-order valence-electron chi connectivity index (χ3n) is 3.19. The molecule has 0 aromatic carbocycles. The monoisotopic (exact) mass is 406 g/mol. The zero-order valence-corrected chi connectivity index (χ0v) is 16.1. The van der Waals surface area contributed by atoms with Crippen molar-refractivity contribution >= 4 is 40.8 Å². The van der Waals surface area contributed by atoms with Crippen LogP contribution >= 0.6 is 11.8 Å². The predicted octanol–water partition coefficient (Wildman–Crippen LogP) is -0.304. The highest BCUT2D eigenvalue weighted by Crippen LogP contribution is 2.34. The first-order chi connectivity index (χ1) is 12.5. The van der Waals surface area contributed by atoms with Gasteiger partial charge < -0.3 is 29.4 Å². The van der Waals surface area contributed by atoms with Gasteiger partial charge in [0.15, 0.2) is 28.9 Å². The molecule has 1 saturated heterocycles. The van der Waals surface area contributed by atoms with E-state index in [-0.39, 0.29) is 11.8 Å². The molecule has 1 fully saturated rings. The molecule has 0 spiro atoms. The summed E-state index contributed by atoms with van der Waals surface area (Å²) < 4.78 is 26.2. The summed E-state index contributed by atoms with van der Waals surface area (Å²) >= 11 is 0.705. The highest BCUT2D eigenvalue weighted by atomic mass is 32.2. The van der Waals surface area contributed by atoms with Gasteiger partial charge in [-0.2, -0.15) is 0 Å². The fraction of sp³-hybridized carbons (Fsp3) is 0.667. The van der Waals surface area contributed by atoms with E-state index in [1.54, 1.807) is 0 Å². The van der Waals surface area contributed by atoms with Crippen LogP contribution in [-0.2, 0) is 42.9 Å². The van der Waals surface area contributed by atoms with Crippen LogP contribution in [0.25, 0.3) is 0 Å². The summed E-state index contributed by atoms with van der Waals surface area (Å²) in [5.41, 5.74) is 4.33. The molecule has 11 nitrogen and oxygen atoms in total. The number of amidine groups is 1. The molecule has 1 aliphatic rings. The molecule has 1 unspecified atom stereocenters. The van der Waals surface area contributed by atoms with Crippen LogP contribution in [0.1, 0.15) is 27.7 Å². The van der Waals surface area contributed by atoms with Crippen LogP contribution < -0.4 is 5.73 Å². The SMILES string of the molecule is CC(=O)OC[C@H]1OC(SC(=N)N)[C@H](OC(C)=O)[C@@H](OC(C)=O)[C@@H]1OC(C)=O. The normalized spacial score (nSPS) is 27.2. The smallest absolute Gasteiger partial charge is 0.303 e. The predicted molar refractivity (Wildman–Crippen MR) is 91.5 cm³/mol. The van der Waals surface area contributed by atoms with Crippen LogP contribution in [0.4, 0.5) is 0 Å². The van der Waals surface area contributed by atoms with Crippen LogP contribution in [0.3, 0.4) is 0 Å². The van der Waals surface area contributed by atoms with Gasteiger partial charge in [0.05, 0.1) is 0 Å². The van der Waals surface area contributed by atoms with E-state index in [1.807, 2.05) is 0 Å². The first-order valence-corrected chi connectivity index (χ1v) is 8.70. The Labute approximate surface area is 159 Å². The van der Waals surface area contributed by atoms with E-state index in [4.69, 9.17) is 34.8 Å². The van der Waals surface area contributed by atoms with Crippen molar-refractivity contribution in [3.63, 3.8) is 0 Å². The highest BCUT2D eigenvalue weighted by Gasteiger charge is 2.52. The largest absolute Gasteiger partial charge is 0.463 e. The lowest BCUT2D eigenvalue weighted by atomic mass is 9.99. The summed E-state index contributed by atoms with van der Waals surface area (Å²) in [4.78, 5) is 45.7. The lowest BCUT2D eigenvalue weighted by Crippen LogP contribution is -2.61. The number of carbonyl (C=O) groups excluding carboxylic acids is 4. The zero-order valence-electron chi connectivity index (χ0n) is 15.3. The summed E-state index contributed by atoms with van der Waals surface area (Å²) in [5, 5.41) is 7.10. The second kappa shape index (κ2) is 10.1. The Morgan fingerprint density at radius 2 is 1.37 bits per heavy atom. The third-order valence-corrected chi connectivity index (χ3v) is 4.06. The highest BCUT2D eigenvalue weighted by molar-refractivity contribution is 8.14. The fourth-order valence-corrected chi connectivity index (χ4v) is 3.20. The minimum absolute atomic E-state index is 0.327. The number of ether oxygens (including phenoxy) is 5. The maximum atomic E-state index is 11.6. The van der Waals surface area contributed by atoms with Crippen LogP contribution in [0.5, 0.6) is 0 Å². The molecule has 5 atom stereocenters. The minimum atomic E-state index is -1.26. The van der Waals surface area contributed by atoms with Gasteiger partial charge in [-0.25, -0.2) is 0 Å². The molecule has 0 saturated carbocycles. The van der Waals surface area contributed by atoms with Gasteiger partial charge in [-0.05, 0) is 0 Å². The fourth-order valence-electron chi connectivity index (χ4n) is 2.41. The van der Waals surface area contributed by atoms with Crippen molar-refractivity contribution in [2.45, 2.75) is 57.5 Å². The summed E-state index contributed by atoms with van der Waals surface area (Å²) in [5.74, 6) is -2.76. The van der Waals surface area contributed by atoms with E-state index in [0.717, 1.165) is 20.8 Å². The molecule has 152 valence electrons. The second-order valence-corrected chi connectivity index (χ2v) is 6.69. The summed E-state index contributed by atoms with van der Waals surface area (Å²) in [6.45, 7) is 4.24. The molecular weight excluding hydrogens is 384 g/mol. The van der Waals surface area contributed by atoms with Crippen molar-refractivity contribution in [1.82, 2.24) is 0 Å². The van der Waals surface area contributed by atoms with E-state index in [1.165, 1.54) is 6.92 Å². The Morgan fingerprint density at radius 1 is 0.889 bits per heavy atom. The zero-order chi connectivity index (χ0) is 20.7. The molecule has 0 bridgehead atoms. The molecule has 0 radical (unpaired) electrons. The Kier molecular flexibility index (Phi) is 8.50. The average molecular weight is 406 g/mol. The van der Waals surface area contributed by atoms with Gasteiger partial charge in [-0.3, -0.25) is 24.6 Å². The lowest BCUT2D eigenvalue weighted by Gasteiger charge is -2.43. The van der Waals surface area contributed by atoms with Gasteiger partial charge in [0.1, 0.15) is 12.7 Å². The molecule has 1 rings (SSSR count). The maximum Gasteiger partial charge on any atom is 0.303 e. The third kappa shape index (κ3) is 7.43. The number of nitrogens with one attached hydrogen (secondary N) is 1. The van der Waals surface area contributed by atoms with Gasteiger partial charge in [0.25, 0.3) is 0 Å². The Balaban J connectivity index is 3.29. The van der Waals surface area contributed by atoms with Crippen LogP contribution in [0.2, 0.25) is 0 Å². The van der Waals surface area contributed by atoms with Gasteiger partial charge in [0, 0.05) is 27.7 Å². The van der Waals surface area contributed by atoms with Crippen LogP contribution in [0.15, 0.2) is 0 Å². The Morgan fingerprint density at radius 3 is 1.81 bits per heavy atom. The van der Waals surface area contributed by atoms with E-state index in [9.17, 15) is 19.2 Å². The Hall–Kier alpha value is -2.34. The minimum Gasteiger partial charge on any atom is -0.463 e. The molecule has 0 aliphatic carbocycles. The van der Waals surface area contributed by atoms with Crippen LogP contribution in [0, 0.1) is 5.41 Å². The summed E-state index contributed by atoms with van der Waals surface area (Å²) in [7, 11) is 0. The quantitative estimate of drug-likeness (QED) is 0.257.